The lowest BCUT2D eigenvalue weighted by Crippen LogP contribution is -2.59. The summed E-state index contributed by atoms with van der Waals surface area (Å²) in [5, 5.41) is 0. The van der Waals surface area contributed by atoms with Crippen molar-refractivity contribution < 1.29 is 23.9 Å². The Morgan fingerprint density at radius 3 is 2.16 bits per heavy atom. The number of ether oxygens (including phenoxy) is 2. The van der Waals surface area contributed by atoms with Crippen LogP contribution in [0.1, 0.15) is 86.0 Å². The van der Waals surface area contributed by atoms with Gasteiger partial charge in [-0.15, -0.1) is 0 Å². The Balaban J connectivity index is 1.63. The molecule has 4 aliphatic carbocycles. The number of hydrogen-bond acceptors (Lipinski definition) is 5. The summed E-state index contributed by atoms with van der Waals surface area (Å²) in [5.74, 6) is 2.14. The molecule has 0 aliphatic heterocycles. The highest BCUT2D eigenvalue weighted by Gasteiger charge is 2.63. The van der Waals surface area contributed by atoms with E-state index in [1.54, 1.807) is 0 Å². The molecule has 0 radical (unpaired) electrons. The topological polar surface area (TPSA) is 69.7 Å². The Kier molecular flexibility index (Phi) is 6.02. The molecule has 10 atom stereocenters. The van der Waals surface area contributed by atoms with Crippen LogP contribution in [0.2, 0.25) is 0 Å². The summed E-state index contributed by atoms with van der Waals surface area (Å²) in [4.78, 5) is 35.2. The third-order valence-electron chi connectivity index (χ3n) is 10.2. The summed E-state index contributed by atoms with van der Waals surface area (Å²) < 4.78 is 11.6. The molecule has 4 fully saturated rings. The second-order valence-electron chi connectivity index (χ2n) is 11.6. The normalized spacial score (nSPS) is 47.3. The van der Waals surface area contributed by atoms with Crippen LogP contribution in [0.3, 0.4) is 0 Å². The van der Waals surface area contributed by atoms with Gasteiger partial charge in [-0.3, -0.25) is 9.59 Å². The van der Waals surface area contributed by atoms with Gasteiger partial charge < -0.3 is 14.3 Å². The first-order valence-electron chi connectivity index (χ1n) is 12.4. The predicted octanol–water partition coefficient (Wildman–Crippen LogP) is 4.95. The van der Waals surface area contributed by atoms with Gasteiger partial charge in [-0.2, -0.15) is 0 Å². The summed E-state index contributed by atoms with van der Waals surface area (Å²) in [7, 11) is 0. The Morgan fingerprint density at radius 2 is 1.52 bits per heavy atom. The first kappa shape index (κ1) is 22.8. The van der Waals surface area contributed by atoms with Crippen LogP contribution < -0.4 is 0 Å². The van der Waals surface area contributed by atoms with Gasteiger partial charge in [0.1, 0.15) is 18.5 Å². The lowest BCUT2D eigenvalue weighted by Gasteiger charge is -2.62. The van der Waals surface area contributed by atoms with Gasteiger partial charge in [0.15, 0.2) is 0 Å². The number of fused-ring (bicyclic) bond motifs is 5. The molecule has 4 rings (SSSR count). The number of carbonyl (C=O) groups is 3. The lowest BCUT2D eigenvalue weighted by atomic mass is 9.43. The molecule has 5 heteroatoms. The van der Waals surface area contributed by atoms with Gasteiger partial charge in [0.2, 0.25) is 0 Å². The third kappa shape index (κ3) is 3.74. The molecule has 0 aromatic rings. The molecular weight excluding hydrogens is 392 g/mol. The van der Waals surface area contributed by atoms with Gasteiger partial charge in [0.05, 0.1) is 0 Å². The molecule has 0 bridgehead atoms. The van der Waals surface area contributed by atoms with Crippen LogP contribution in [0.25, 0.3) is 0 Å². The van der Waals surface area contributed by atoms with E-state index < -0.39 is 0 Å². The standard InChI is InChI=1S/C26H40O5/c1-15(14-27)20-6-7-21-19-13-24(31-17(3)29)23-12-18(30-16(2)28)8-10-26(23,5)22(19)9-11-25(20,21)4/h14-15,18-24H,6-13H2,1-5H3/t15-,18-,19+,20-,21+,22+,23+,24+,25-,26-/m1/s1. The zero-order chi connectivity index (χ0) is 22.6. The predicted molar refractivity (Wildman–Crippen MR) is 117 cm³/mol. The lowest BCUT2D eigenvalue weighted by molar-refractivity contribution is -0.197. The van der Waals surface area contributed by atoms with Gasteiger partial charge >= 0.3 is 11.9 Å². The zero-order valence-corrected chi connectivity index (χ0v) is 19.9. The van der Waals surface area contributed by atoms with E-state index in [2.05, 4.69) is 20.8 Å². The molecular formula is C26H40O5. The van der Waals surface area contributed by atoms with E-state index in [4.69, 9.17) is 9.47 Å². The SMILES string of the molecule is CC(=O)O[C@@H]1CC[C@]2(C)[C@H]3CC[C@]4(C)[C@@H]([C@H](C)C=O)CC[C@H]4[C@@H]3C[C@H](OC(C)=O)[C@@H]2C1. The van der Waals surface area contributed by atoms with E-state index in [9.17, 15) is 14.4 Å². The van der Waals surface area contributed by atoms with Crippen molar-refractivity contribution in [1.29, 1.82) is 0 Å². The first-order chi connectivity index (χ1) is 14.6. The molecule has 4 aliphatic rings. The second kappa shape index (κ2) is 8.19. The Labute approximate surface area is 187 Å². The average molecular weight is 433 g/mol. The molecule has 0 spiro atoms. The minimum atomic E-state index is -0.221. The Morgan fingerprint density at radius 1 is 0.871 bits per heavy atom. The Bertz CT molecular complexity index is 733. The second-order valence-corrected chi connectivity index (χ2v) is 11.6. The minimum Gasteiger partial charge on any atom is -0.463 e. The number of aldehydes is 1. The van der Waals surface area contributed by atoms with Gasteiger partial charge in [-0.1, -0.05) is 20.8 Å². The average Bonchev–Trinajstić information content (AvgIpc) is 3.05. The van der Waals surface area contributed by atoms with Crippen molar-refractivity contribution >= 4 is 18.2 Å². The minimum absolute atomic E-state index is 0.0664. The van der Waals surface area contributed by atoms with E-state index in [1.165, 1.54) is 33.1 Å². The number of esters is 2. The zero-order valence-electron chi connectivity index (χ0n) is 19.9. The fraction of sp³-hybridized carbons (Fsp3) is 0.885. The highest BCUT2D eigenvalue weighted by Crippen LogP contribution is 2.68. The van der Waals surface area contributed by atoms with Crippen molar-refractivity contribution in [2.75, 3.05) is 0 Å². The van der Waals surface area contributed by atoms with E-state index in [-0.39, 0.29) is 46.8 Å². The van der Waals surface area contributed by atoms with Crippen molar-refractivity contribution in [3.8, 4) is 0 Å². The molecule has 0 unspecified atom stereocenters. The maximum atomic E-state index is 12.0. The molecule has 0 saturated heterocycles. The summed E-state index contributed by atoms with van der Waals surface area (Å²) in [5.41, 5.74) is 0.315. The molecule has 0 amide bonds. The first-order valence-corrected chi connectivity index (χ1v) is 12.4. The third-order valence-corrected chi connectivity index (χ3v) is 10.2. The van der Waals surface area contributed by atoms with Crippen LogP contribution in [0, 0.1) is 46.3 Å². The van der Waals surface area contributed by atoms with Gasteiger partial charge in [-0.05, 0) is 85.9 Å². The van der Waals surface area contributed by atoms with Crippen LogP contribution in [0.4, 0.5) is 0 Å². The molecule has 0 heterocycles. The quantitative estimate of drug-likeness (QED) is 0.464. The molecule has 174 valence electrons. The Hall–Kier alpha value is -1.39. The van der Waals surface area contributed by atoms with E-state index in [0.29, 0.717) is 23.7 Å². The maximum Gasteiger partial charge on any atom is 0.302 e. The summed E-state index contributed by atoms with van der Waals surface area (Å²) >= 11 is 0. The fourth-order valence-electron chi connectivity index (χ4n) is 8.92. The summed E-state index contributed by atoms with van der Waals surface area (Å²) in [6, 6.07) is 0. The smallest absolute Gasteiger partial charge is 0.302 e. The number of carbonyl (C=O) groups excluding carboxylic acids is 3. The molecule has 0 aromatic carbocycles. The number of rotatable bonds is 4. The molecule has 4 saturated carbocycles. The molecule has 5 nitrogen and oxygen atoms in total. The molecule has 0 aromatic heterocycles. The van der Waals surface area contributed by atoms with Crippen LogP contribution in [0.5, 0.6) is 0 Å². The largest absolute Gasteiger partial charge is 0.463 e. The van der Waals surface area contributed by atoms with Crippen molar-refractivity contribution in [3.63, 3.8) is 0 Å². The van der Waals surface area contributed by atoms with Crippen molar-refractivity contribution in [3.05, 3.63) is 0 Å². The van der Waals surface area contributed by atoms with E-state index >= 15 is 0 Å². The summed E-state index contributed by atoms with van der Waals surface area (Å²) in [6.45, 7) is 9.93. The fourth-order valence-corrected chi connectivity index (χ4v) is 8.92. The maximum absolute atomic E-state index is 12.0. The van der Waals surface area contributed by atoms with Crippen LogP contribution >= 0.6 is 0 Å². The van der Waals surface area contributed by atoms with Crippen LogP contribution in [0.15, 0.2) is 0 Å². The van der Waals surface area contributed by atoms with Crippen molar-refractivity contribution in [1.82, 2.24) is 0 Å². The highest BCUT2D eigenvalue weighted by atomic mass is 16.5. The van der Waals surface area contributed by atoms with Crippen molar-refractivity contribution in [2.45, 2.75) is 98.2 Å². The highest BCUT2D eigenvalue weighted by molar-refractivity contribution is 5.66. The monoisotopic (exact) mass is 432 g/mol. The van der Waals surface area contributed by atoms with E-state index in [0.717, 1.165) is 38.4 Å². The van der Waals surface area contributed by atoms with Crippen LogP contribution in [-0.2, 0) is 23.9 Å². The molecule has 31 heavy (non-hydrogen) atoms. The van der Waals surface area contributed by atoms with Gasteiger partial charge in [0, 0.05) is 25.7 Å². The van der Waals surface area contributed by atoms with E-state index in [1.807, 2.05) is 0 Å². The van der Waals surface area contributed by atoms with Gasteiger partial charge in [0.25, 0.3) is 0 Å². The number of hydrogen-bond donors (Lipinski definition) is 0. The van der Waals surface area contributed by atoms with Gasteiger partial charge in [-0.25, -0.2) is 0 Å². The van der Waals surface area contributed by atoms with Crippen molar-refractivity contribution in [2.24, 2.45) is 46.3 Å². The molecule has 0 N–H and O–H groups in total. The van der Waals surface area contributed by atoms with Crippen LogP contribution in [-0.4, -0.2) is 30.4 Å². The summed E-state index contributed by atoms with van der Waals surface area (Å²) in [6.07, 6.45) is 9.32.